The van der Waals surface area contributed by atoms with Gasteiger partial charge in [-0.3, -0.25) is 4.79 Å². The summed E-state index contributed by atoms with van der Waals surface area (Å²) in [6.45, 7) is 2.92. The van der Waals surface area contributed by atoms with E-state index in [9.17, 15) is 9.90 Å². The number of phenolic OH excluding ortho intramolecular Hbond substituents is 1. The number of rotatable bonds is 4. The SMILES string of the molecule is CCNC(=O)CNC1CCc2cc(O)ccc21. The molecule has 0 aliphatic heterocycles. The van der Waals surface area contributed by atoms with Gasteiger partial charge in [-0.15, -0.1) is 0 Å². The van der Waals surface area contributed by atoms with Crippen molar-refractivity contribution in [1.29, 1.82) is 0 Å². The largest absolute Gasteiger partial charge is 0.508 e. The minimum atomic E-state index is 0.0275. The van der Waals surface area contributed by atoms with Crippen LogP contribution in [0.25, 0.3) is 0 Å². The highest BCUT2D eigenvalue weighted by atomic mass is 16.3. The molecule has 0 saturated carbocycles. The number of hydrogen-bond donors (Lipinski definition) is 3. The van der Waals surface area contributed by atoms with Crippen molar-refractivity contribution in [3.63, 3.8) is 0 Å². The van der Waals surface area contributed by atoms with E-state index in [-0.39, 0.29) is 11.9 Å². The first-order valence-corrected chi connectivity index (χ1v) is 6.02. The molecule has 1 aliphatic carbocycles. The fourth-order valence-corrected chi connectivity index (χ4v) is 2.29. The van der Waals surface area contributed by atoms with Crippen LogP contribution in [0.4, 0.5) is 0 Å². The van der Waals surface area contributed by atoms with Crippen LogP contribution in [0.3, 0.4) is 0 Å². The maximum Gasteiger partial charge on any atom is 0.233 e. The van der Waals surface area contributed by atoms with E-state index >= 15 is 0 Å². The molecule has 0 saturated heterocycles. The van der Waals surface area contributed by atoms with Gasteiger partial charge in [0.15, 0.2) is 0 Å². The second-order valence-electron chi connectivity index (χ2n) is 4.31. The van der Waals surface area contributed by atoms with Crippen LogP contribution in [0, 0.1) is 0 Å². The highest BCUT2D eigenvalue weighted by Gasteiger charge is 2.22. The van der Waals surface area contributed by atoms with E-state index in [2.05, 4.69) is 10.6 Å². The Morgan fingerprint density at radius 1 is 1.53 bits per heavy atom. The van der Waals surface area contributed by atoms with E-state index in [1.165, 1.54) is 11.1 Å². The summed E-state index contributed by atoms with van der Waals surface area (Å²) in [7, 11) is 0. The molecule has 1 aromatic rings. The summed E-state index contributed by atoms with van der Waals surface area (Å²) in [6.07, 6.45) is 1.94. The minimum absolute atomic E-state index is 0.0275. The quantitative estimate of drug-likeness (QED) is 0.731. The molecule has 4 heteroatoms. The van der Waals surface area contributed by atoms with Crippen molar-refractivity contribution in [2.75, 3.05) is 13.1 Å². The number of carbonyl (C=O) groups is 1. The number of phenols is 1. The number of aryl methyl sites for hydroxylation is 1. The number of likely N-dealkylation sites (N-methyl/N-ethyl adjacent to an activating group) is 1. The van der Waals surface area contributed by atoms with Crippen LogP contribution in [0.1, 0.15) is 30.5 Å². The van der Waals surface area contributed by atoms with Crippen molar-refractivity contribution in [3.05, 3.63) is 29.3 Å². The molecule has 92 valence electrons. The van der Waals surface area contributed by atoms with Crippen molar-refractivity contribution in [2.45, 2.75) is 25.8 Å². The molecule has 1 amide bonds. The van der Waals surface area contributed by atoms with E-state index in [0.29, 0.717) is 18.8 Å². The molecule has 1 aromatic carbocycles. The van der Waals surface area contributed by atoms with Gasteiger partial charge in [-0.2, -0.15) is 0 Å². The first-order valence-electron chi connectivity index (χ1n) is 6.02. The van der Waals surface area contributed by atoms with E-state index < -0.39 is 0 Å². The molecule has 3 N–H and O–H groups in total. The molecule has 1 atom stereocenters. The van der Waals surface area contributed by atoms with Gasteiger partial charge in [0, 0.05) is 12.6 Å². The van der Waals surface area contributed by atoms with Crippen LogP contribution in [0.5, 0.6) is 5.75 Å². The number of carbonyl (C=O) groups excluding carboxylic acids is 1. The van der Waals surface area contributed by atoms with E-state index in [0.717, 1.165) is 12.8 Å². The third-order valence-electron chi connectivity index (χ3n) is 3.09. The number of nitrogens with one attached hydrogen (secondary N) is 2. The standard InChI is InChI=1S/C13H18N2O2/c1-2-14-13(17)8-15-12-6-3-9-7-10(16)4-5-11(9)12/h4-5,7,12,15-16H,2-3,6,8H2,1H3,(H,14,17). The lowest BCUT2D eigenvalue weighted by atomic mass is 10.1. The summed E-state index contributed by atoms with van der Waals surface area (Å²) >= 11 is 0. The normalized spacial score (nSPS) is 17.8. The molecule has 0 aromatic heterocycles. The van der Waals surface area contributed by atoms with Crippen molar-refractivity contribution in [1.82, 2.24) is 10.6 Å². The zero-order chi connectivity index (χ0) is 12.3. The van der Waals surface area contributed by atoms with Gasteiger partial charge in [-0.25, -0.2) is 0 Å². The number of hydrogen-bond acceptors (Lipinski definition) is 3. The lowest BCUT2D eigenvalue weighted by Crippen LogP contribution is -2.35. The number of fused-ring (bicyclic) bond motifs is 1. The van der Waals surface area contributed by atoms with Gasteiger partial charge in [0.1, 0.15) is 5.75 Å². The Balaban J connectivity index is 1.95. The third kappa shape index (κ3) is 2.77. The molecule has 2 rings (SSSR count). The van der Waals surface area contributed by atoms with Crippen LogP contribution in [0.2, 0.25) is 0 Å². The van der Waals surface area contributed by atoms with Crippen LogP contribution < -0.4 is 10.6 Å². The van der Waals surface area contributed by atoms with Gasteiger partial charge < -0.3 is 15.7 Å². The Morgan fingerprint density at radius 2 is 2.35 bits per heavy atom. The molecule has 4 nitrogen and oxygen atoms in total. The molecule has 0 bridgehead atoms. The molecule has 17 heavy (non-hydrogen) atoms. The molecule has 1 aliphatic rings. The summed E-state index contributed by atoms with van der Waals surface area (Å²) in [4.78, 5) is 11.4. The average Bonchev–Trinajstić information content (AvgIpc) is 2.69. The molecular formula is C13H18N2O2. The third-order valence-corrected chi connectivity index (χ3v) is 3.09. The maximum absolute atomic E-state index is 11.4. The zero-order valence-electron chi connectivity index (χ0n) is 9.99. The van der Waals surface area contributed by atoms with Gasteiger partial charge >= 0.3 is 0 Å². The van der Waals surface area contributed by atoms with Gasteiger partial charge in [-0.1, -0.05) is 6.07 Å². The average molecular weight is 234 g/mol. The molecule has 0 heterocycles. The highest BCUT2D eigenvalue weighted by molar-refractivity contribution is 5.78. The Hall–Kier alpha value is -1.55. The van der Waals surface area contributed by atoms with E-state index in [1.54, 1.807) is 6.07 Å². The van der Waals surface area contributed by atoms with Crippen molar-refractivity contribution in [2.24, 2.45) is 0 Å². The summed E-state index contributed by atoms with van der Waals surface area (Å²) in [5.41, 5.74) is 2.38. The van der Waals surface area contributed by atoms with Gasteiger partial charge in [0.25, 0.3) is 0 Å². The van der Waals surface area contributed by atoms with Crippen LogP contribution >= 0.6 is 0 Å². The predicted octanol–water partition coefficient (Wildman–Crippen LogP) is 1.11. The summed E-state index contributed by atoms with van der Waals surface area (Å²) < 4.78 is 0. The molecule has 0 spiro atoms. The number of amides is 1. The maximum atomic E-state index is 11.4. The van der Waals surface area contributed by atoms with E-state index in [1.807, 2.05) is 19.1 Å². The summed E-state index contributed by atoms with van der Waals surface area (Å²) in [5.74, 6) is 0.341. The summed E-state index contributed by atoms with van der Waals surface area (Å²) in [6, 6.07) is 5.68. The fraction of sp³-hybridized carbons (Fsp3) is 0.462. The lowest BCUT2D eigenvalue weighted by Gasteiger charge is -2.13. The van der Waals surface area contributed by atoms with Crippen LogP contribution in [-0.2, 0) is 11.2 Å². The topological polar surface area (TPSA) is 61.4 Å². The molecule has 0 radical (unpaired) electrons. The predicted molar refractivity (Wildman–Crippen MR) is 65.9 cm³/mol. The number of aromatic hydroxyl groups is 1. The minimum Gasteiger partial charge on any atom is -0.508 e. The first kappa shape index (κ1) is 11.9. The molecular weight excluding hydrogens is 216 g/mol. The zero-order valence-corrected chi connectivity index (χ0v) is 9.99. The first-order chi connectivity index (χ1) is 8.20. The number of benzene rings is 1. The highest BCUT2D eigenvalue weighted by Crippen LogP contribution is 2.32. The van der Waals surface area contributed by atoms with Crippen molar-refractivity contribution in [3.8, 4) is 5.75 Å². The smallest absolute Gasteiger partial charge is 0.233 e. The fourth-order valence-electron chi connectivity index (χ4n) is 2.29. The van der Waals surface area contributed by atoms with Crippen LogP contribution in [0.15, 0.2) is 18.2 Å². The van der Waals surface area contributed by atoms with E-state index in [4.69, 9.17) is 0 Å². The second-order valence-corrected chi connectivity index (χ2v) is 4.31. The Bertz CT molecular complexity index is 418. The van der Waals surface area contributed by atoms with Crippen molar-refractivity contribution >= 4 is 5.91 Å². The Labute approximate surface area is 101 Å². The summed E-state index contributed by atoms with van der Waals surface area (Å²) in [5, 5.41) is 15.4. The second kappa shape index (κ2) is 5.19. The lowest BCUT2D eigenvalue weighted by molar-refractivity contribution is -0.120. The molecule has 1 unspecified atom stereocenters. The van der Waals surface area contributed by atoms with Gasteiger partial charge in [0.05, 0.1) is 6.54 Å². The Morgan fingerprint density at radius 3 is 3.12 bits per heavy atom. The van der Waals surface area contributed by atoms with Gasteiger partial charge in [-0.05, 0) is 43.0 Å². The molecule has 0 fully saturated rings. The van der Waals surface area contributed by atoms with Crippen molar-refractivity contribution < 1.29 is 9.90 Å². The van der Waals surface area contributed by atoms with Crippen LogP contribution in [-0.4, -0.2) is 24.1 Å². The monoisotopic (exact) mass is 234 g/mol. The Kier molecular flexibility index (Phi) is 3.64. The van der Waals surface area contributed by atoms with Gasteiger partial charge in [0.2, 0.25) is 5.91 Å².